The molecule has 2 fully saturated rings. The Morgan fingerprint density at radius 3 is 2.73 bits per heavy atom. The molecular weight excluding hydrogens is 274 g/mol. The second-order valence-corrected chi connectivity index (χ2v) is 6.62. The highest BCUT2D eigenvalue weighted by Gasteiger charge is 2.38. The molecule has 3 rings (SSSR count). The molecule has 4 heteroatoms. The largest absolute Gasteiger partial charge is 0.338 e. The molecule has 22 heavy (non-hydrogen) atoms. The molecule has 0 radical (unpaired) electrons. The van der Waals surface area contributed by atoms with Crippen molar-refractivity contribution in [2.45, 2.75) is 58.0 Å². The third kappa shape index (κ3) is 3.17. The number of aromatic nitrogens is 1. The van der Waals surface area contributed by atoms with E-state index in [0.29, 0.717) is 18.5 Å². The van der Waals surface area contributed by atoms with Gasteiger partial charge in [0, 0.05) is 30.5 Å². The van der Waals surface area contributed by atoms with Crippen LogP contribution in [0, 0.1) is 6.92 Å². The SMILES string of the molecule is CCN1CCC[C@@H]1[C@@H]1CCCN1C(=O)Cc1ccc(C)nc1. The molecule has 2 aliphatic heterocycles. The van der Waals surface area contributed by atoms with Crippen LogP contribution >= 0.6 is 0 Å². The van der Waals surface area contributed by atoms with Crippen LogP contribution in [-0.4, -0.2) is 52.4 Å². The molecule has 2 atom stereocenters. The standard InChI is InChI=1S/C18H27N3O/c1-3-20-10-4-6-16(20)17-7-5-11-21(17)18(22)12-15-9-8-14(2)19-13-15/h8-9,13,16-17H,3-7,10-12H2,1-2H3/t16-,17+/m1/s1. The Morgan fingerprint density at radius 2 is 2.00 bits per heavy atom. The lowest BCUT2D eigenvalue weighted by atomic mass is 10.0. The summed E-state index contributed by atoms with van der Waals surface area (Å²) in [5, 5.41) is 0. The van der Waals surface area contributed by atoms with E-state index in [9.17, 15) is 4.79 Å². The van der Waals surface area contributed by atoms with Crippen molar-refractivity contribution >= 4 is 5.91 Å². The van der Waals surface area contributed by atoms with Gasteiger partial charge in [-0.1, -0.05) is 13.0 Å². The van der Waals surface area contributed by atoms with E-state index in [1.807, 2.05) is 25.3 Å². The maximum Gasteiger partial charge on any atom is 0.227 e. The molecular formula is C18H27N3O. The molecule has 0 saturated carbocycles. The van der Waals surface area contributed by atoms with Crippen molar-refractivity contribution in [2.24, 2.45) is 0 Å². The summed E-state index contributed by atoms with van der Waals surface area (Å²) in [6.45, 7) is 7.43. The molecule has 0 N–H and O–H groups in total. The number of hydrogen-bond donors (Lipinski definition) is 0. The fourth-order valence-electron chi connectivity index (χ4n) is 4.06. The molecule has 0 spiro atoms. The van der Waals surface area contributed by atoms with E-state index in [1.54, 1.807) is 0 Å². The first-order chi connectivity index (χ1) is 10.7. The predicted octanol–water partition coefficient (Wildman–Crippen LogP) is 2.41. The number of hydrogen-bond acceptors (Lipinski definition) is 3. The smallest absolute Gasteiger partial charge is 0.227 e. The van der Waals surface area contributed by atoms with Gasteiger partial charge in [0.25, 0.3) is 0 Å². The number of rotatable bonds is 4. The number of aryl methyl sites for hydroxylation is 1. The zero-order valence-corrected chi connectivity index (χ0v) is 13.8. The molecule has 4 nitrogen and oxygen atoms in total. The normalized spacial score (nSPS) is 25.8. The van der Waals surface area contributed by atoms with Crippen molar-refractivity contribution in [3.63, 3.8) is 0 Å². The van der Waals surface area contributed by atoms with Crippen LogP contribution < -0.4 is 0 Å². The van der Waals surface area contributed by atoms with Crippen LogP contribution in [0.2, 0.25) is 0 Å². The van der Waals surface area contributed by atoms with Gasteiger partial charge in [-0.05, 0) is 57.3 Å². The zero-order chi connectivity index (χ0) is 15.5. The van der Waals surface area contributed by atoms with Crippen LogP contribution in [0.4, 0.5) is 0 Å². The fraction of sp³-hybridized carbons (Fsp3) is 0.667. The molecule has 0 aliphatic carbocycles. The highest BCUT2D eigenvalue weighted by Crippen LogP contribution is 2.30. The fourth-order valence-corrected chi connectivity index (χ4v) is 4.06. The second-order valence-electron chi connectivity index (χ2n) is 6.62. The summed E-state index contributed by atoms with van der Waals surface area (Å²) in [5.74, 6) is 0.274. The average molecular weight is 301 g/mol. The molecule has 0 aromatic carbocycles. The van der Waals surface area contributed by atoms with Crippen molar-refractivity contribution in [3.8, 4) is 0 Å². The first-order valence-corrected chi connectivity index (χ1v) is 8.64. The van der Waals surface area contributed by atoms with Crippen LogP contribution in [0.5, 0.6) is 0 Å². The average Bonchev–Trinajstić information content (AvgIpc) is 3.17. The van der Waals surface area contributed by atoms with E-state index in [2.05, 4.69) is 21.7 Å². The Bertz CT molecular complexity index is 514. The van der Waals surface area contributed by atoms with Gasteiger partial charge in [0.2, 0.25) is 5.91 Å². The third-order valence-corrected chi connectivity index (χ3v) is 5.21. The number of likely N-dealkylation sites (tertiary alicyclic amines) is 2. The molecule has 1 aromatic rings. The van der Waals surface area contributed by atoms with Gasteiger partial charge in [0.05, 0.1) is 6.42 Å². The number of nitrogens with zero attached hydrogens (tertiary/aromatic N) is 3. The third-order valence-electron chi connectivity index (χ3n) is 5.21. The van der Waals surface area contributed by atoms with E-state index in [-0.39, 0.29) is 5.91 Å². The van der Waals surface area contributed by atoms with Crippen LogP contribution in [0.25, 0.3) is 0 Å². The summed E-state index contributed by atoms with van der Waals surface area (Å²) in [6, 6.07) is 5.01. The lowest BCUT2D eigenvalue weighted by molar-refractivity contribution is -0.132. The van der Waals surface area contributed by atoms with Crippen molar-refractivity contribution in [1.29, 1.82) is 0 Å². The number of carbonyl (C=O) groups is 1. The van der Waals surface area contributed by atoms with Gasteiger partial charge in [-0.15, -0.1) is 0 Å². The van der Waals surface area contributed by atoms with Crippen molar-refractivity contribution < 1.29 is 4.79 Å². The van der Waals surface area contributed by atoms with Gasteiger partial charge in [-0.2, -0.15) is 0 Å². The zero-order valence-electron chi connectivity index (χ0n) is 13.8. The quantitative estimate of drug-likeness (QED) is 0.857. The monoisotopic (exact) mass is 301 g/mol. The molecule has 3 heterocycles. The van der Waals surface area contributed by atoms with Gasteiger partial charge in [-0.25, -0.2) is 0 Å². The van der Waals surface area contributed by atoms with E-state index >= 15 is 0 Å². The highest BCUT2D eigenvalue weighted by atomic mass is 16.2. The Balaban J connectivity index is 1.67. The second kappa shape index (κ2) is 6.78. The summed E-state index contributed by atoms with van der Waals surface area (Å²) in [7, 11) is 0. The number of carbonyl (C=O) groups excluding carboxylic acids is 1. The van der Waals surface area contributed by atoms with Crippen molar-refractivity contribution in [3.05, 3.63) is 29.6 Å². The molecule has 2 aliphatic rings. The predicted molar refractivity (Wildman–Crippen MR) is 87.7 cm³/mol. The maximum atomic E-state index is 12.7. The Kier molecular flexibility index (Phi) is 4.77. The van der Waals surface area contributed by atoms with Crippen LogP contribution in [0.3, 0.4) is 0 Å². The van der Waals surface area contributed by atoms with Gasteiger partial charge >= 0.3 is 0 Å². The maximum absolute atomic E-state index is 12.7. The van der Waals surface area contributed by atoms with Crippen LogP contribution in [-0.2, 0) is 11.2 Å². The molecule has 0 bridgehead atoms. The molecule has 0 unspecified atom stereocenters. The van der Waals surface area contributed by atoms with Crippen LogP contribution in [0.15, 0.2) is 18.3 Å². The Morgan fingerprint density at radius 1 is 1.23 bits per heavy atom. The van der Waals surface area contributed by atoms with E-state index in [4.69, 9.17) is 0 Å². The minimum absolute atomic E-state index is 0.274. The highest BCUT2D eigenvalue weighted by molar-refractivity contribution is 5.79. The van der Waals surface area contributed by atoms with E-state index in [0.717, 1.165) is 30.8 Å². The van der Waals surface area contributed by atoms with Gasteiger partial charge < -0.3 is 4.90 Å². The lowest BCUT2D eigenvalue weighted by Gasteiger charge is -2.34. The van der Waals surface area contributed by atoms with E-state index < -0.39 is 0 Å². The summed E-state index contributed by atoms with van der Waals surface area (Å²) >= 11 is 0. The summed E-state index contributed by atoms with van der Waals surface area (Å²) < 4.78 is 0. The minimum Gasteiger partial charge on any atom is -0.338 e. The minimum atomic E-state index is 0.274. The molecule has 1 amide bonds. The molecule has 1 aromatic heterocycles. The number of pyridine rings is 1. The Labute approximate surface area is 133 Å². The van der Waals surface area contributed by atoms with Gasteiger partial charge in [0.1, 0.15) is 0 Å². The first-order valence-electron chi connectivity index (χ1n) is 8.64. The van der Waals surface area contributed by atoms with Gasteiger partial charge in [0.15, 0.2) is 0 Å². The topological polar surface area (TPSA) is 36.4 Å². The number of amides is 1. The van der Waals surface area contributed by atoms with E-state index in [1.165, 1.54) is 25.8 Å². The van der Waals surface area contributed by atoms with Crippen LogP contribution in [0.1, 0.15) is 43.9 Å². The Hall–Kier alpha value is -1.42. The number of likely N-dealkylation sites (N-methyl/N-ethyl adjacent to an activating group) is 1. The van der Waals surface area contributed by atoms with Crippen molar-refractivity contribution in [2.75, 3.05) is 19.6 Å². The lowest BCUT2D eigenvalue weighted by Crippen LogP contribution is -2.48. The first kappa shape index (κ1) is 15.5. The summed E-state index contributed by atoms with van der Waals surface area (Å²) in [6.07, 6.45) is 7.16. The van der Waals surface area contributed by atoms with Gasteiger partial charge in [-0.3, -0.25) is 14.7 Å². The summed E-state index contributed by atoms with van der Waals surface area (Å²) in [5.41, 5.74) is 2.03. The molecule has 120 valence electrons. The molecule has 2 saturated heterocycles. The van der Waals surface area contributed by atoms with Crippen molar-refractivity contribution in [1.82, 2.24) is 14.8 Å². The summed E-state index contributed by atoms with van der Waals surface area (Å²) in [4.78, 5) is 21.8.